The third-order valence-electron chi connectivity index (χ3n) is 0.875. The van der Waals surface area contributed by atoms with E-state index in [0.29, 0.717) is 12.8 Å². The van der Waals surface area contributed by atoms with E-state index in [1.165, 1.54) is 12.2 Å². The molecular formula is C7H11NO2. The zero-order chi connectivity index (χ0) is 7.82. The molecule has 0 bridgehead atoms. The van der Waals surface area contributed by atoms with Crippen LogP contribution in [0.4, 0.5) is 0 Å². The van der Waals surface area contributed by atoms with Crippen LogP contribution < -0.4 is 5.32 Å². The maximum Gasteiger partial charge on any atom is 0.244 e. The van der Waals surface area contributed by atoms with E-state index < -0.39 is 0 Å². The van der Waals surface area contributed by atoms with Gasteiger partial charge >= 0.3 is 0 Å². The molecule has 0 aliphatic carbocycles. The smallest absolute Gasteiger partial charge is 0.244 e. The van der Waals surface area contributed by atoms with Crippen LogP contribution in [0.1, 0.15) is 13.3 Å². The quantitative estimate of drug-likeness (QED) is 0.451. The van der Waals surface area contributed by atoms with Gasteiger partial charge in [-0.25, -0.2) is 0 Å². The zero-order valence-electron chi connectivity index (χ0n) is 5.96. The molecule has 0 atom stereocenters. The van der Waals surface area contributed by atoms with E-state index in [0.717, 1.165) is 6.42 Å². The van der Waals surface area contributed by atoms with Gasteiger partial charge in [0, 0.05) is 12.6 Å². The molecule has 0 spiro atoms. The highest BCUT2D eigenvalue weighted by molar-refractivity contribution is 5.90. The van der Waals surface area contributed by atoms with Gasteiger partial charge in [-0.05, 0) is 12.5 Å². The topological polar surface area (TPSA) is 46.2 Å². The third kappa shape index (κ3) is 5.03. The van der Waals surface area contributed by atoms with Crippen LogP contribution in [0.5, 0.6) is 0 Å². The Morgan fingerprint density at radius 3 is 2.80 bits per heavy atom. The molecule has 0 fully saturated rings. The highest BCUT2D eigenvalue weighted by atomic mass is 16.1. The minimum atomic E-state index is -0.214. The van der Waals surface area contributed by atoms with Gasteiger partial charge in [-0.3, -0.25) is 9.59 Å². The number of hydrogen-bond donors (Lipinski definition) is 1. The van der Waals surface area contributed by atoms with Crippen molar-refractivity contribution in [3.8, 4) is 0 Å². The molecule has 0 aliphatic rings. The van der Waals surface area contributed by atoms with Gasteiger partial charge in [-0.1, -0.05) is 6.92 Å². The predicted octanol–water partition coefficient (Wildman–Crippen LogP) is 0.268. The van der Waals surface area contributed by atoms with Gasteiger partial charge in [0.1, 0.15) is 6.29 Å². The normalized spacial score (nSPS) is 9.70. The SMILES string of the molecule is CCCNC(=O)/C=C\C=O. The van der Waals surface area contributed by atoms with Crippen molar-refractivity contribution >= 4 is 12.2 Å². The lowest BCUT2D eigenvalue weighted by Crippen LogP contribution is -2.21. The second-order valence-corrected chi connectivity index (χ2v) is 1.79. The number of carbonyl (C=O) groups excluding carboxylic acids is 2. The molecule has 3 nitrogen and oxygen atoms in total. The van der Waals surface area contributed by atoms with E-state index in [1.54, 1.807) is 0 Å². The molecule has 3 heteroatoms. The number of aldehydes is 1. The molecule has 0 saturated heterocycles. The Bertz CT molecular complexity index is 141. The Labute approximate surface area is 60.1 Å². The average Bonchev–Trinajstić information content (AvgIpc) is 1.97. The molecule has 0 rings (SSSR count). The van der Waals surface area contributed by atoms with Crippen molar-refractivity contribution in [1.82, 2.24) is 5.32 Å². The van der Waals surface area contributed by atoms with E-state index in [1.807, 2.05) is 6.92 Å². The minimum Gasteiger partial charge on any atom is -0.353 e. The van der Waals surface area contributed by atoms with Gasteiger partial charge in [0.25, 0.3) is 0 Å². The van der Waals surface area contributed by atoms with E-state index in [4.69, 9.17) is 0 Å². The molecule has 0 unspecified atom stereocenters. The van der Waals surface area contributed by atoms with Crippen molar-refractivity contribution in [2.45, 2.75) is 13.3 Å². The first kappa shape index (κ1) is 8.88. The first-order valence-corrected chi connectivity index (χ1v) is 3.21. The molecule has 0 aromatic carbocycles. The Hall–Kier alpha value is -1.12. The lowest BCUT2D eigenvalue weighted by atomic mass is 10.4. The summed E-state index contributed by atoms with van der Waals surface area (Å²) in [5.74, 6) is -0.214. The molecule has 0 radical (unpaired) electrons. The van der Waals surface area contributed by atoms with Crippen LogP contribution in [-0.2, 0) is 9.59 Å². The van der Waals surface area contributed by atoms with Crippen LogP contribution in [0.15, 0.2) is 12.2 Å². The summed E-state index contributed by atoms with van der Waals surface area (Å²) in [5.41, 5.74) is 0. The largest absolute Gasteiger partial charge is 0.353 e. The zero-order valence-corrected chi connectivity index (χ0v) is 5.96. The van der Waals surface area contributed by atoms with Gasteiger partial charge in [0.05, 0.1) is 0 Å². The third-order valence-corrected chi connectivity index (χ3v) is 0.875. The standard InChI is InChI=1S/C7H11NO2/c1-2-5-8-7(10)4-3-6-9/h3-4,6H,2,5H2,1H3,(H,8,10)/b4-3-. The number of amides is 1. The summed E-state index contributed by atoms with van der Waals surface area (Å²) < 4.78 is 0. The summed E-state index contributed by atoms with van der Waals surface area (Å²) in [6.07, 6.45) is 3.86. The Morgan fingerprint density at radius 2 is 2.30 bits per heavy atom. The summed E-state index contributed by atoms with van der Waals surface area (Å²) in [6.45, 7) is 2.62. The summed E-state index contributed by atoms with van der Waals surface area (Å²) in [6, 6.07) is 0. The number of nitrogens with one attached hydrogen (secondary N) is 1. The van der Waals surface area contributed by atoms with Crippen molar-refractivity contribution in [1.29, 1.82) is 0 Å². The second kappa shape index (κ2) is 6.01. The van der Waals surface area contributed by atoms with Gasteiger partial charge in [-0.15, -0.1) is 0 Å². The van der Waals surface area contributed by atoms with Crippen molar-refractivity contribution in [3.63, 3.8) is 0 Å². The second-order valence-electron chi connectivity index (χ2n) is 1.79. The highest BCUT2D eigenvalue weighted by Crippen LogP contribution is 1.73. The first-order valence-electron chi connectivity index (χ1n) is 3.21. The number of hydrogen-bond acceptors (Lipinski definition) is 2. The monoisotopic (exact) mass is 141 g/mol. The molecule has 0 heterocycles. The molecular weight excluding hydrogens is 130 g/mol. The van der Waals surface area contributed by atoms with Crippen molar-refractivity contribution in [2.75, 3.05) is 6.54 Å². The number of allylic oxidation sites excluding steroid dienone is 1. The fourth-order valence-electron chi connectivity index (χ4n) is 0.434. The van der Waals surface area contributed by atoms with E-state index in [2.05, 4.69) is 5.32 Å². The molecule has 0 aromatic heterocycles. The molecule has 0 aromatic rings. The maximum absolute atomic E-state index is 10.6. The molecule has 1 N–H and O–H groups in total. The van der Waals surface area contributed by atoms with Gasteiger partial charge in [0.15, 0.2) is 0 Å². The molecule has 56 valence electrons. The summed E-state index contributed by atoms with van der Waals surface area (Å²) in [7, 11) is 0. The van der Waals surface area contributed by atoms with Crippen LogP contribution in [0.25, 0.3) is 0 Å². The van der Waals surface area contributed by atoms with Gasteiger partial charge in [-0.2, -0.15) is 0 Å². The first-order chi connectivity index (χ1) is 4.81. The van der Waals surface area contributed by atoms with Gasteiger partial charge in [0.2, 0.25) is 5.91 Å². The Kier molecular flexibility index (Phi) is 5.33. The predicted molar refractivity (Wildman–Crippen MR) is 38.5 cm³/mol. The fourth-order valence-corrected chi connectivity index (χ4v) is 0.434. The maximum atomic E-state index is 10.6. The lowest BCUT2D eigenvalue weighted by Gasteiger charge is -1.95. The molecule has 10 heavy (non-hydrogen) atoms. The molecule has 0 saturated carbocycles. The average molecular weight is 141 g/mol. The van der Waals surface area contributed by atoms with Crippen molar-refractivity contribution in [2.24, 2.45) is 0 Å². The summed E-state index contributed by atoms with van der Waals surface area (Å²) in [5, 5.41) is 2.58. The summed E-state index contributed by atoms with van der Waals surface area (Å²) >= 11 is 0. The lowest BCUT2D eigenvalue weighted by molar-refractivity contribution is -0.116. The van der Waals surface area contributed by atoms with Crippen LogP contribution >= 0.6 is 0 Å². The van der Waals surface area contributed by atoms with Crippen LogP contribution in [-0.4, -0.2) is 18.7 Å². The van der Waals surface area contributed by atoms with Crippen molar-refractivity contribution in [3.05, 3.63) is 12.2 Å². The number of rotatable bonds is 4. The van der Waals surface area contributed by atoms with Gasteiger partial charge < -0.3 is 5.32 Å². The molecule has 1 amide bonds. The van der Waals surface area contributed by atoms with E-state index >= 15 is 0 Å². The molecule has 0 aliphatic heterocycles. The fraction of sp³-hybridized carbons (Fsp3) is 0.429. The van der Waals surface area contributed by atoms with Crippen LogP contribution in [0.2, 0.25) is 0 Å². The minimum absolute atomic E-state index is 0.214. The Morgan fingerprint density at radius 1 is 1.60 bits per heavy atom. The van der Waals surface area contributed by atoms with Crippen LogP contribution in [0, 0.1) is 0 Å². The van der Waals surface area contributed by atoms with E-state index in [-0.39, 0.29) is 5.91 Å². The Balaban J connectivity index is 3.43. The number of carbonyl (C=O) groups is 2. The van der Waals surface area contributed by atoms with Crippen LogP contribution in [0.3, 0.4) is 0 Å². The summed E-state index contributed by atoms with van der Waals surface area (Å²) in [4.78, 5) is 20.3. The van der Waals surface area contributed by atoms with E-state index in [9.17, 15) is 9.59 Å². The van der Waals surface area contributed by atoms with Crippen molar-refractivity contribution < 1.29 is 9.59 Å². The highest BCUT2D eigenvalue weighted by Gasteiger charge is 1.89.